The largest absolute Gasteiger partial charge is 0.464 e. The highest BCUT2D eigenvalue weighted by Crippen LogP contribution is 2.05. The molecule has 0 aromatic carbocycles. The topological polar surface area (TPSA) is 87.7 Å². The van der Waals surface area contributed by atoms with E-state index in [-0.39, 0.29) is 6.54 Å². The summed E-state index contributed by atoms with van der Waals surface area (Å²) >= 11 is 0. The molecule has 0 saturated heterocycles. The maximum atomic E-state index is 10.9. The lowest BCUT2D eigenvalue weighted by atomic mass is 10.2. The molecule has 0 aromatic heterocycles. The Hall–Kier alpha value is -1.30. The van der Waals surface area contributed by atoms with Crippen LogP contribution < -0.4 is 10.9 Å². The number of carbonyl (C=O) groups excluding carboxylic acids is 1. The molecular weight excluding hydrogens is 176 g/mol. The van der Waals surface area contributed by atoms with Crippen LogP contribution in [0, 0.1) is 0 Å². The van der Waals surface area contributed by atoms with Crippen molar-refractivity contribution in [2.75, 3.05) is 6.54 Å². The maximum absolute atomic E-state index is 10.9. The van der Waals surface area contributed by atoms with Crippen LogP contribution in [0.2, 0.25) is 0 Å². The predicted octanol–water partition coefficient (Wildman–Crippen LogP) is 0.100. The number of nitrogens with one attached hydrogen (secondary N) is 2. The molecule has 0 aromatic rings. The molecular formula is C7H14N2O4. The fraction of sp³-hybridized carbons (Fsp3) is 0.714. The van der Waals surface area contributed by atoms with Gasteiger partial charge < -0.3 is 9.84 Å². The molecule has 6 heteroatoms. The summed E-state index contributed by atoms with van der Waals surface area (Å²) in [6.07, 6.45) is -1.25. The van der Waals surface area contributed by atoms with Gasteiger partial charge in [-0.3, -0.25) is 10.2 Å². The molecule has 76 valence electrons. The fourth-order valence-corrected chi connectivity index (χ4v) is 0.570. The monoisotopic (exact) mass is 190 g/mol. The van der Waals surface area contributed by atoms with Gasteiger partial charge >= 0.3 is 12.1 Å². The standard InChI is InChI=1S/C7H14N2O4/c1-7(2,3)13-5(10)4-8-9-6(11)12/h8-9H,4H2,1-3H3,(H,11,12). The lowest BCUT2D eigenvalue weighted by Gasteiger charge is -2.19. The summed E-state index contributed by atoms with van der Waals surface area (Å²) in [6.45, 7) is 5.00. The number of hydrogen-bond donors (Lipinski definition) is 3. The zero-order valence-corrected chi connectivity index (χ0v) is 7.88. The third-order valence-corrected chi connectivity index (χ3v) is 0.848. The van der Waals surface area contributed by atoms with E-state index in [4.69, 9.17) is 9.84 Å². The van der Waals surface area contributed by atoms with E-state index in [2.05, 4.69) is 5.43 Å². The van der Waals surface area contributed by atoms with E-state index in [1.807, 2.05) is 5.43 Å². The van der Waals surface area contributed by atoms with Crippen molar-refractivity contribution in [1.29, 1.82) is 0 Å². The summed E-state index contributed by atoms with van der Waals surface area (Å²) in [5, 5.41) is 8.13. The number of carboxylic acid groups (broad SMARTS) is 1. The van der Waals surface area contributed by atoms with E-state index in [9.17, 15) is 9.59 Å². The molecule has 0 aliphatic rings. The lowest BCUT2D eigenvalue weighted by Crippen LogP contribution is -2.41. The number of amides is 1. The molecule has 0 unspecified atom stereocenters. The molecule has 0 radical (unpaired) electrons. The van der Waals surface area contributed by atoms with E-state index < -0.39 is 17.7 Å². The molecule has 1 amide bonds. The van der Waals surface area contributed by atoms with Crippen molar-refractivity contribution in [3.63, 3.8) is 0 Å². The Kier molecular flexibility index (Phi) is 4.19. The zero-order valence-electron chi connectivity index (χ0n) is 7.88. The Morgan fingerprint density at radius 3 is 2.31 bits per heavy atom. The highest BCUT2D eigenvalue weighted by Gasteiger charge is 2.15. The van der Waals surface area contributed by atoms with Gasteiger partial charge in [-0.1, -0.05) is 0 Å². The van der Waals surface area contributed by atoms with Crippen LogP contribution in [0.15, 0.2) is 0 Å². The average molecular weight is 190 g/mol. The quantitative estimate of drug-likeness (QED) is 0.434. The van der Waals surface area contributed by atoms with Crippen LogP contribution in [0.3, 0.4) is 0 Å². The second-order valence-electron chi connectivity index (χ2n) is 3.37. The average Bonchev–Trinajstić information content (AvgIpc) is 1.81. The van der Waals surface area contributed by atoms with Crippen molar-refractivity contribution in [2.24, 2.45) is 0 Å². The highest BCUT2D eigenvalue weighted by atomic mass is 16.6. The number of hydrazine groups is 1. The van der Waals surface area contributed by atoms with E-state index in [1.165, 1.54) is 0 Å². The molecule has 0 atom stereocenters. The van der Waals surface area contributed by atoms with Gasteiger partial charge in [0.05, 0.1) is 0 Å². The van der Waals surface area contributed by atoms with E-state index in [0.29, 0.717) is 0 Å². The first-order chi connectivity index (χ1) is 5.81. The molecule has 0 aliphatic heterocycles. The van der Waals surface area contributed by atoms with Crippen LogP contribution in [-0.2, 0) is 9.53 Å². The third-order valence-electron chi connectivity index (χ3n) is 0.848. The molecule has 0 rings (SSSR count). The molecule has 13 heavy (non-hydrogen) atoms. The number of carbonyl (C=O) groups is 2. The summed E-state index contributed by atoms with van der Waals surface area (Å²) in [6, 6.07) is 0. The molecule has 0 bridgehead atoms. The number of esters is 1. The van der Waals surface area contributed by atoms with Crippen LogP contribution >= 0.6 is 0 Å². The Morgan fingerprint density at radius 1 is 1.38 bits per heavy atom. The first-order valence-corrected chi connectivity index (χ1v) is 3.75. The fourth-order valence-electron chi connectivity index (χ4n) is 0.570. The molecule has 6 nitrogen and oxygen atoms in total. The van der Waals surface area contributed by atoms with Crippen LogP contribution in [0.4, 0.5) is 4.79 Å². The lowest BCUT2D eigenvalue weighted by molar-refractivity contribution is -0.153. The Bertz CT molecular complexity index is 197. The normalized spacial score (nSPS) is 10.7. The SMILES string of the molecule is CC(C)(C)OC(=O)CNNC(=O)O. The number of ether oxygens (including phenoxy) is 1. The van der Waals surface area contributed by atoms with Gasteiger partial charge in [0.2, 0.25) is 0 Å². The van der Waals surface area contributed by atoms with Crippen molar-refractivity contribution in [2.45, 2.75) is 26.4 Å². The van der Waals surface area contributed by atoms with Gasteiger partial charge in [-0.2, -0.15) is 0 Å². The number of hydrogen-bond acceptors (Lipinski definition) is 4. The predicted molar refractivity (Wildman–Crippen MR) is 45.0 cm³/mol. The third kappa shape index (κ3) is 8.61. The van der Waals surface area contributed by atoms with Crippen LogP contribution in [-0.4, -0.2) is 29.3 Å². The zero-order chi connectivity index (χ0) is 10.5. The van der Waals surface area contributed by atoms with E-state index >= 15 is 0 Å². The second kappa shape index (κ2) is 4.66. The summed E-state index contributed by atoms with van der Waals surface area (Å²) in [4.78, 5) is 20.9. The molecule has 0 fully saturated rings. The van der Waals surface area contributed by atoms with Gasteiger partial charge in [0, 0.05) is 0 Å². The van der Waals surface area contributed by atoms with E-state index in [1.54, 1.807) is 20.8 Å². The van der Waals surface area contributed by atoms with Crippen LogP contribution in [0.25, 0.3) is 0 Å². The second-order valence-corrected chi connectivity index (χ2v) is 3.37. The molecule has 0 spiro atoms. The van der Waals surface area contributed by atoms with Crippen molar-refractivity contribution >= 4 is 12.1 Å². The van der Waals surface area contributed by atoms with Gasteiger partial charge in [-0.25, -0.2) is 10.2 Å². The minimum absolute atomic E-state index is 0.191. The van der Waals surface area contributed by atoms with Gasteiger partial charge in [-0.05, 0) is 20.8 Å². The Balaban J connectivity index is 3.59. The number of rotatable bonds is 3. The van der Waals surface area contributed by atoms with Crippen molar-refractivity contribution in [3.8, 4) is 0 Å². The molecule has 0 aliphatic carbocycles. The summed E-state index contributed by atoms with van der Waals surface area (Å²) in [5.41, 5.74) is 3.46. The van der Waals surface area contributed by atoms with Crippen molar-refractivity contribution in [3.05, 3.63) is 0 Å². The summed E-state index contributed by atoms with van der Waals surface area (Å²) in [5.74, 6) is -0.513. The summed E-state index contributed by atoms with van der Waals surface area (Å²) in [7, 11) is 0. The molecule has 0 saturated carbocycles. The van der Waals surface area contributed by atoms with Gasteiger partial charge in [-0.15, -0.1) is 0 Å². The maximum Gasteiger partial charge on any atom is 0.419 e. The smallest absolute Gasteiger partial charge is 0.419 e. The molecule has 3 N–H and O–H groups in total. The minimum atomic E-state index is -1.25. The Labute approximate surface area is 76.2 Å². The van der Waals surface area contributed by atoms with Crippen LogP contribution in [0.1, 0.15) is 20.8 Å². The molecule has 0 heterocycles. The van der Waals surface area contributed by atoms with Crippen LogP contribution in [0.5, 0.6) is 0 Å². The first-order valence-electron chi connectivity index (χ1n) is 3.75. The van der Waals surface area contributed by atoms with Gasteiger partial charge in [0.25, 0.3) is 0 Å². The Morgan fingerprint density at radius 2 is 1.92 bits per heavy atom. The van der Waals surface area contributed by atoms with Gasteiger partial charge in [0.15, 0.2) is 0 Å². The van der Waals surface area contributed by atoms with Crippen molar-refractivity contribution < 1.29 is 19.4 Å². The summed E-state index contributed by atoms with van der Waals surface area (Å²) < 4.78 is 4.89. The van der Waals surface area contributed by atoms with Crippen molar-refractivity contribution in [1.82, 2.24) is 10.9 Å². The van der Waals surface area contributed by atoms with Gasteiger partial charge in [0.1, 0.15) is 12.1 Å². The first kappa shape index (κ1) is 11.7. The highest BCUT2D eigenvalue weighted by molar-refractivity contribution is 5.72. The minimum Gasteiger partial charge on any atom is -0.464 e. The van der Waals surface area contributed by atoms with E-state index in [0.717, 1.165) is 0 Å².